The molecular weight excluding hydrogens is 264 g/mol. The topological polar surface area (TPSA) is 54.3 Å². The zero-order chi connectivity index (χ0) is 15.2. The molecule has 2 rings (SSSR count). The average Bonchev–Trinajstić information content (AvgIpc) is 2.82. The van der Waals surface area contributed by atoms with Crippen molar-refractivity contribution in [2.24, 2.45) is 5.92 Å². The molecular formula is C17H24N2O2. The van der Waals surface area contributed by atoms with E-state index in [1.54, 1.807) is 0 Å². The van der Waals surface area contributed by atoms with Crippen molar-refractivity contribution in [3.8, 4) is 0 Å². The number of rotatable bonds is 8. The van der Waals surface area contributed by atoms with E-state index in [-0.39, 0.29) is 0 Å². The van der Waals surface area contributed by atoms with Crippen LogP contribution in [0.5, 0.6) is 0 Å². The fourth-order valence-electron chi connectivity index (χ4n) is 2.47. The summed E-state index contributed by atoms with van der Waals surface area (Å²) in [5.74, 6) is 0.665. The molecule has 0 fully saturated rings. The van der Waals surface area contributed by atoms with Gasteiger partial charge in [0.05, 0.1) is 6.10 Å². The Morgan fingerprint density at radius 3 is 2.81 bits per heavy atom. The maximum atomic E-state index is 11.1. The number of nitrogens with zero attached hydrogens (tertiary/aromatic N) is 1. The van der Waals surface area contributed by atoms with Crippen molar-refractivity contribution in [3.63, 3.8) is 0 Å². The van der Waals surface area contributed by atoms with Crippen LogP contribution >= 0.6 is 0 Å². The number of hydrogen-bond donors (Lipinski definition) is 2. The molecule has 0 unspecified atom stereocenters. The van der Waals surface area contributed by atoms with E-state index in [9.17, 15) is 9.90 Å². The Labute approximate surface area is 125 Å². The van der Waals surface area contributed by atoms with Crippen LogP contribution in [0, 0.1) is 5.92 Å². The number of fused-ring (bicyclic) bond motifs is 1. The van der Waals surface area contributed by atoms with Crippen molar-refractivity contribution in [3.05, 3.63) is 36.0 Å². The Bertz CT molecular complexity index is 589. The summed E-state index contributed by atoms with van der Waals surface area (Å²) in [4.78, 5) is 11.1. The third-order valence-electron chi connectivity index (χ3n) is 3.63. The summed E-state index contributed by atoms with van der Waals surface area (Å²) >= 11 is 0. The van der Waals surface area contributed by atoms with E-state index in [1.165, 1.54) is 0 Å². The monoisotopic (exact) mass is 288 g/mol. The summed E-state index contributed by atoms with van der Waals surface area (Å²) in [6.07, 6.45) is 3.32. The fourth-order valence-corrected chi connectivity index (χ4v) is 2.47. The zero-order valence-corrected chi connectivity index (χ0v) is 12.7. The van der Waals surface area contributed by atoms with E-state index in [1.807, 2.05) is 35.0 Å². The molecule has 21 heavy (non-hydrogen) atoms. The van der Waals surface area contributed by atoms with Crippen molar-refractivity contribution in [1.82, 2.24) is 9.88 Å². The summed E-state index contributed by atoms with van der Waals surface area (Å²) in [6, 6.07) is 7.77. The summed E-state index contributed by atoms with van der Waals surface area (Å²) in [7, 11) is 0. The zero-order valence-electron chi connectivity index (χ0n) is 12.7. The van der Waals surface area contributed by atoms with Crippen molar-refractivity contribution in [2.45, 2.75) is 32.9 Å². The first kappa shape index (κ1) is 15.7. The van der Waals surface area contributed by atoms with Crippen LogP contribution in [0.15, 0.2) is 30.5 Å². The summed E-state index contributed by atoms with van der Waals surface area (Å²) in [5, 5.41) is 14.3. The summed E-state index contributed by atoms with van der Waals surface area (Å²) in [6.45, 7) is 6.34. The van der Waals surface area contributed by atoms with Gasteiger partial charge in [0.15, 0.2) is 6.29 Å². The molecule has 0 amide bonds. The molecule has 0 bridgehead atoms. The quantitative estimate of drug-likeness (QED) is 0.579. The lowest BCUT2D eigenvalue weighted by atomic mass is 10.1. The minimum absolute atomic E-state index is 0.465. The van der Waals surface area contributed by atoms with Crippen LogP contribution in [-0.2, 0) is 6.54 Å². The molecule has 0 spiro atoms. The Hall–Kier alpha value is -1.65. The largest absolute Gasteiger partial charge is 0.390 e. The second-order valence-corrected chi connectivity index (χ2v) is 5.91. The number of benzene rings is 1. The third-order valence-corrected chi connectivity index (χ3v) is 3.63. The van der Waals surface area contributed by atoms with Crippen LogP contribution in [0.3, 0.4) is 0 Å². The molecule has 1 aromatic carbocycles. The SMILES string of the molecule is CC(C)CCNC[C@@H](O)Cn1cc(C=O)c2ccccc21. The minimum Gasteiger partial charge on any atom is -0.390 e. The van der Waals surface area contributed by atoms with Crippen molar-refractivity contribution in [2.75, 3.05) is 13.1 Å². The molecule has 0 aliphatic rings. The number of carbonyl (C=O) groups is 1. The van der Waals surface area contributed by atoms with Gasteiger partial charge in [0, 0.05) is 35.8 Å². The van der Waals surface area contributed by atoms with Gasteiger partial charge in [-0.3, -0.25) is 4.79 Å². The molecule has 4 nitrogen and oxygen atoms in total. The van der Waals surface area contributed by atoms with Crippen LogP contribution in [-0.4, -0.2) is 35.2 Å². The molecule has 1 heterocycles. The molecule has 0 aliphatic carbocycles. The Balaban J connectivity index is 1.98. The second-order valence-electron chi connectivity index (χ2n) is 5.91. The molecule has 2 aromatic rings. The van der Waals surface area contributed by atoms with Gasteiger partial charge in [-0.25, -0.2) is 0 Å². The number of carbonyl (C=O) groups excluding carboxylic acids is 1. The van der Waals surface area contributed by atoms with Gasteiger partial charge in [-0.15, -0.1) is 0 Å². The van der Waals surface area contributed by atoms with E-state index in [4.69, 9.17) is 0 Å². The highest BCUT2D eigenvalue weighted by Gasteiger charge is 2.11. The molecule has 2 N–H and O–H groups in total. The summed E-state index contributed by atoms with van der Waals surface area (Å²) in [5.41, 5.74) is 1.66. The molecule has 0 radical (unpaired) electrons. The van der Waals surface area contributed by atoms with Gasteiger partial charge in [0.25, 0.3) is 0 Å². The molecule has 1 aromatic heterocycles. The summed E-state index contributed by atoms with van der Waals surface area (Å²) < 4.78 is 1.95. The van der Waals surface area contributed by atoms with Gasteiger partial charge >= 0.3 is 0 Å². The highest BCUT2D eigenvalue weighted by Crippen LogP contribution is 2.20. The maximum Gasteiger partial charge on any atom is 0.152 e. The number of aliphatic hydroxyl groups excluding tert-OH is 1. The van der Waals surface area contributed by atoms with Crippen molar-refractivity contribution in [1.29, 1.82) is 0 Å². The number of aliphatic hydroxyl groups is 1. The smallest absolute Gasteiger partial charge is 0.152 e. The lowest BCUT2D eigenvalue weighted by Crippen LogP contribution is -2.31. The highest BCUT2D eigenvalue weighted by atomic mass is 16.3. The van der Waals surface area contributed by atoms with Gasteiger partial charge in [0.1, 0.15) is 0 Å². The van der Waals surface area contributed by atoms with E-state index in [0.717, 1.165) is 30.2 Å². The minimum atomic E-state index is -0.465. The predicted molar refractivity (Wildman–Crippen MR) is 85.7 cm³/mol. The average molecular weight is 288 g/mol. The van der Waals surface area contributed by atoms with E-state index in [2.05, 4.69) is 19.2 Å². The van der Waals surface area contributed by atoms with E-state index >= 15 is 0 Å². The molecule has 114 valence electrons. The van der Waals surface area contributed by atoms with Gasteiger partial charge in [-0.05, 0) is 24.9 Å². The fraction of sp³-hybridized carbons (Fsp3) is 0.471. The first-order valence-corrected chi connectivity index (χ1v) is 7.53. The third kappa shape index (κ3) is 4.16. The van der Waals surface area contributed by atoms with Crippen molar-refractivity contribution >= 4 is 17.2 Å². The van der Waals surface area contributed by atoms with Gasteiger partial charge in [0.2, 0.25) is 0 Å². The van der Waals surface area contributed by atoms with Crippen LogP contribution in [0.25, 0.3) is 10.9 Å². The number of para-hydroxylation sites is 1. The molecule has 4 heteroatoms. The number of aromatic nitrogens is 1. The Morgan fingerprint density at radius 2 is 2.10 bits per heavy atom. The van der Waals surface area contributed by atoms with Crippen molar-refractivity contribution < 1.29 is 9.90 Å². The van der Waals surface area contributed by atoms with E-state index < -0.39 is 6.10 Å². The highest BCUT2D eigenvalue weighted by molar-refractivity contribution is 5.97. The van der Waals surface area contributed by atoms with Crippen LogP contribution in [0.2, 0.25) is 0 Å². The second kappa shape index (κ2) is 7.38. The van der Waals surface area contributed by atoms with Gasteiger partial charge in [-0.2, -0.15) is 0 Å². The first-order chi connectivity index (χ1) is 10.1. The lowest BCUT2D eigenvalue weighted by molar-refractivity contribution is 0.112. The van der Waals surface area contributed by atoms with Crippen LogP contribution in [0.1, 0.15) is 30.6 Å². The van der Waals surface area contributed by atoms with Gasteiger partial charge in [-0.1, -0.05) is 32.0 Å². The Morgan fingerprint density at radius 1 is 1.33 bits per heavy atom. The number of hydrogen-bond acceptors (Lipinski definition) is 3. The first-order valence-electron chi connectivity index (χ1n) is 7.53. The van der Waals surface area contributed by atoms with Gasteiger partial charge < -0.3 is 15.0 Å². The number of aldehydes is 1. The molecule has 0 aliphatic heterocycles. The van der Waals surface area contributed by atoms with Crippen LogP contribution in [0.4, 0.5) is 0 Å². The van der Waals surface area contributed by atoms with E-state index in [0.29, 0.717) is 24.6 Å². The lowest BCUT2D eigenvalue weighted by Gasteiger charge is -2.14. The molecule has 1 atom stereocenters. The maximum absolute atomic E-state index is 11.1. The number of nitrogens with one attached hydrogen (secondary N) is 1. The van der Waals surface area contributed by atoms with Crippen LogP contribution < -0.4 is 5.32 Å². The standard InChI is InChI=1S/C17H24N2O2/c1-13(2)7-8-18-9-15(21)11-19-10-14(12-20)16-5-3-4-6-17(16)19/h3-6,10,12-13,15,18,21H,7-9,11H2,1-2H3/t15-/m1/s1. The predicted octanol–water partition coefficient (Wildman–Crippen LogP) is 2.45. The Kier molecular flexibility index (Phi) is 5.53. The normalized spacial score (nSPS) is 13.0. The molecule has 0 saturated carbocycles. The molecule has 0 saturated heterocycles.